The van der Waals surface area contributed by atoms with E-state index < -0.39 is 11.6 Å². The van der Waals surface area contributed by atoms with E-state index >= 15 is 0 Å². The maximum Gasteiger partial charge on any atom is 0.337 e. The van der Waals surface area contributed by atoms with Crippen molar-refractivity contribution < 1.29 is 19.8 Å². The van der Waals surface area contributed by atoms with Crippen molar-refractivity contribution in [2.45, 2.75) is 44.0 Å². The van der Waals surface area contributed by atoms with Crippen molar-refractivity contribution in [1.82, 2.24) is 4.90 Å². The largest absolute Gasteiger partial charge is 0.479 e. The average Bonchev–Trinajstić information content (AvgIpc) is 2.61. The van der Waals surface area contributed by atoms with E-state index in [1.807, 2.05) is 44.2 Å². The predicted molar refractivity (Wildman–Crippen MR) is 104 cm³/mol. The van der Waals surface area contributed by atoms with Crippen LogP contribution in [0.3, 0.4) is 0 Å². The van der Waals surface area contributed by atoms with Crippen molar-refractivity contribution >= 4 is 23.6 Å². The van der Waals surface area contributed by atoms with Crippen molar-refractivity contribution in [3.8, 4) is 0 Å². The summed E-state index contributed by atoms with van der Waals surface area (Å²) in [7, 11) is 0. The van der Waals surface area contributed by atoms with Gasteiger partial charge in [0.25, 0.3) is 0 Å². The molecule has 1 heterocycles. The Kier molecular flexibility index (Phi) is 7.29. The zero-order valence-electron chi connectivity index (χ0n) is 15.4. The second-order valence-electron chi connectivity index (χ2n) is 6.99. The van der Waals surface area contributed by atoms with Crippen LogP contribution in [0.4, 0.5) is 0 Å². The molecule has 26 heavy (non-hydrogen) atoms. The molecule has 142 valence electrons. The molecule has 1 fully saturated rings. The summed E-state index contributed by atoms with van der Waals surface area (Å²) in [6.07, 6.45) is 3.34. The van der Waals surface area contributed by atoms with Crippen molar-refractivity contribution in [2.24, 2.45) is 0 Å². The van der Waals surface area contributed by atoms with Crippen LogP contribution in [-0.2, 0) is 16.0 Å². The third-order valence-electron chi connectivity index (χ3n) is 4.51. The SMILES string of the molecule is CC(C)=CCSC(Cc1ccccc1)C(=O)N1CCCC(O)(C(=O)O)C1. The van der Waals surface area contributed by atoms with Crippen LogP contribution in [0.5, 0.6) is 0 Å². The standard InChI is InChI=1S/C20H27NO4S/c1-15(2)9-12-26-17(13-16-7-4-3-5-8-16)18(22)21-11-6-10-20(25,14-21)19(23)24/h3-5,7-9,17,25H,6,10-14H2,1-2H3,(H,23,24). The number of nitrogens with zero attached hydrogens (tertiary/aromatic N) is 1. The molecule has 2 unspecified atom stereocenters. The van der Waals surface area contributed by atoms with Gasteiger partial charge in [0.15, 0.2) is 5.60 Å². The number of carbonyl (C=O) groups is 2. The summed E-state index contributed by atoms with van der Waals surface area (Å²) >= 11 is 1.56. The molecule has 2 N–H and O–H groups in total. The third kappa shape index (κ3) is 5.61. The van der Waals surface area contributed by atoms with Crippen LogP contribution in [0, 0.1) is 0 Å². The van der Waals surface area contributed by atoms with Crippen LogP contribution < -0.4 is 0 Å². The molecule has 1 amide bonds. The van der Waals surface area contributed by atoms with Crippen molar-refractivity contribution in [1.29, 1.82) is 0 Å². The van der Waals surface area contributed by atoms with E-state index in [1.54, 1.807) is 11.8 Å². The van der Waals surface area contributed by atoms with Crippen LogP contribution in [-0.4, -0.2) is 56.7 Å². The fourth-order valence-corrected chi connectivity index (χ4v) is 4.24. The number of piperidine rings is 1. The minimum Gasteiger partial charge on any atom is -0.479 e. The first-order valence-corrected chi connectivity index (χ1v) is 9.90. The maximum absolute atomic E-state index is 13.1. The van der Waals surface area contributed by atoms with Gasteiger partial charge in [-0.2, -0.15) is 0 Å². The number of carboxylic acid groups (broad SMARTS) is 1. The average molecular weight is 378 g/mol. The van der Waals surface area contributed by atoms with Gasteiger partial charge in [-0.1, -0.05) is 42.0 Å². The topological polar surface area (TPSA) is 77.8 Å². The highest BCUT2D eigenvalue weighted by Crippen LogP contribution is 2.26. The molecule has 1 aliphatic heterocycles. The van der Waals surface area contributed by atoms with Crippen LogP contribution in [0.1, 0.15) is 32.3 Å². The number of amides is 1. The van der Waals surface area contributed by atoms with E-state index in [0.29, 0.717) is 19.4 Å². The van der Waals surface area contributed by atoms with E-state index in [2.05, 4.69) is 6.08 Å². The number of β-amino-alcohol motifs (C(OH)–C–C–N with tert-alkyl or cyclic N) is 1. The molecule has 5 nitrogen and oxygen atoms in total. The zero-order valence-corrected chi connectivity index (χ0v) is 16.2. The predicted octanol–water partition coefficient (Wildman–Crippen LogP) is 2.74. The van der Waals surface area contributed by atoms with Crippen LogP contribution in [0.2, 0.25) is 0 Å². The molecule has 0 aromatic heterocycles. The number of carbonyl (C=O) groups excluding carboxylic acids is 1. The molecule has 6 heteroatoms. The molecule has 0 aliphatic carbocycles. The third-order valence-corrected chi connectivity index (χ3v) is 5.64. The van der Waals surface area contributed by atoms with Gasteiger partial charge in [-0.3, -0.25) is 4.79 Å². The van der Waals surface area contributed by atoms with Gasteiger partial charge in [0, 0.05) is 12.3 Å². The van der Waals surface area contributed by atoms with E-state index in [9.17, 15) is 19.8 Å². The molecule has 2 atom stereocenters. The molecule has 1 aliphatic rings. The van der Waals surface area contributed by atoms with Crippen LogP contribution in [0.25, 0.3) is 0 Å². The first kappa shape index (κ1) is 20.5. The molecule has 0 bridgehead atoms. The number of aliphatic hydroxyl groups is 1. The number of aliphatic carboxylic acids is 1. The molecule has 0 saturated carbocycles. The number of rotatable bonds is 7. The quantitative estimate of drug-likeness (QED) is 0.715. The molecule has 0 spiro atoms. The Hall–Kier alpha value is -1.79. The van der Waals surface area contributed by atoms with Crippen LogP contribution >= 0.6 is 11.8 Å². The normalized spacial score (nSPS) is 21.1. The summed E-state index contributed by atoms with van der Waals surface area (Å²) in [5.41, 5.74) is 0.429. The second-order valence-corrected chi connectivity index (χ2v) is 8.23. The van der Waals surface area contributed by atoms with Gasteiger partial charge in [-0.25, -0.2) is 4.79 Å². The number of allylic oxidation sites excluding steroid dienone is 1. The van der Waals surface area contributed by atoms with E-state index in [4.69, 9.17) is 0 Å². The monoisotopic (exact) mass is 377 g/mol. The lowest BCUT2D eigenvalue weighted by atomic mass is 9.92. The molecule has 1 aromatic carbocycles. The highest BCUT2D eigenvalue weighted by molar-refractivity contribution is 8.00. The highest BCUT2D eigenvalue weighted by atomic mass is 32.2. The number of likely N-dealkylation sites (tertiary alicyclic amines) is 1. The first-order chi connectivity index (χ1) is 12.3. The number of carboxylic acids is 1. The fraction of sp³-hybridized carbons (Fsp3) is 0.500. The second kappa shape index (κ2) is 9.24. The smallest absolute Gasteiger partial charge is 0.337 e. The summed E-state index contributed by atoms with van der Waals surface area (Å²) in [5.74, 6) is -0.630. The summed E-state index contributed by atoms with van der Waals surface area (Å²) in [6.45, 7) is 4.39. The van der Waals surface area contributed by atoms with Crippen molar-refractivity contribution in [2.75, 3.05) is 18.8 Å². The minimum absolute atomic E-state index is 0.0969. The maximum atomic E-state index is 13.1. The summed E-state index contributed by atoms with van der Waals surface area (Å²) in [5, 5.41) is 19.2. The van der Waals surface area contributed by atoms with Gasteiger partial charge in [0.2, 0.25) is 5.91 Å². The number of thioether (sulfide) groups is 1. The van der Waals surface area contributed by atoms with Gasteiger partial charge in [-0.05, 0) is 38.7 Å². The highest BCUT2D eigenvalue weighted by Gasteiger charge is 2.42. The van der Waals surface area contributed by atoms with Crippen molar-refractivity contribution in [3.05, 3.63) is 47.5 Å². The van der Waals surface area contributed by atoms with E-state index in [1.165, 1.54) is 10.5 Å². The summed E-state index contributed by atoms with van der Waals surface area (Å²) < 4.78 is 0. The van der Waals surface area contributed by atoms with Gasteiger partial charge < -0.3 is 15.1 Å². The lowest BCUT2D eigenvalue weighted by Gasteiger charge is -2.37. The Labute approximate surface area is 159 Å². The molecule has 0 radical (unpaired) electrons. The molecular formula is C20H27NO4S. The number of hydrogen-bond acceptors (Lipinski definition) is 4. The number of benzene rings is 1. The molecule has 2 rings (SSSR count). The fourth-order valence-electron chi connectivity index (χ4n) is 2.98. The Morgan fingerprint density at radius 3 is 2.62 bits per heavy atom. The number of hydrogen-bond donors (Lipinski definition) is 2. The Balaban J connectivity index is 2.13. The van der Waals surface area contributed by atoms with Crippen molar-refractivity contribution in [3.63, 3.8) is 0 Å². The summed E-state index contributed by atoms with van der Waals surface area (Å²) in [6, 6.07) is 9.81. The van der Waals surface area contributed by atoms with Gasteiger partial charge >= 0.3 is 5.97 Å². The minimum atomic E-state index is -1.84. The molecular weight excluding hydrogens is 350 g/mol. The van der Waals surface area contributed by atoms with E-state index in [0.717, 1.165) is 11.3 Å². The Morgan fingerprint density at radius 1 is 1.31 bits per heavy atom. The Morgan fingerprint density at radius 2 is 2.00 bits per heavy atom. The lowest BCUT2D eigenvalue weighted by Crippen LogP contribution is -2.56. The zero-order chi connectivity index (χ0) is 19.2. The van der Waals surface area contributed by atoms with Crippen LogP contribution in [0.15, 0.2) is 42.0 Å². The lowest BCUT2D eigenvalue weighted by molar-refractivity contribution is -0.166. The van der Waals surface area contributed by atoms with E-state index in [-0.39, 0.29) is 24.1 Å². The molecule has 1 aromatic rings. The Bertz CT molecular complexity index is 657. The van der Waals surface area contributed by atoms with Gasteiger partial charge in [-0.15, -0.1) is 11.8 Å². The van der Waals surface area contributed by atoms with Gasteiger partial charge in [0.1, 0.15) is 0 Å². The summed E-state index contributed by atoms with van der Waals surface area (Å²) in [4.78, 5) is 25.9. The molecule has 1 saturated heterocycles. The van der Waals surface area contributed by atoms with Gasteiger partial charge in [0.05, 0.1) is 11.8 Å². The first-order valence-electron chi connectivity index (χ1n) is 8.85.